The lowest BCUT2D eigenvalue weighted by molar-refractivity contribution is 0.160. The first-order valence-corrected chi connectivity index (χ1v) is 2.15. The van der Waals surface area contributed by atoms with E-state index in [1.807, 2.05) is 19.1 Å². The predicted molar refractivity (Wildman–Crippen MR) is 32.1 cm³/mol. The van der Waals surface area contributed by atoms with Crippen LogP contribution in [0.3, 0.4) is 0 Å². The Morgan fingerprint density at radius 3 is 2.62 bits per heavy atom. The first-order chi connectivity index (χ1) is 3.39. The van der Waals surface area contributed by atoms with Gasteiger partial charge in [0.25, 0.3) is 0 Å². The largest absolute Gasteiger partial charge is 0.390 e. The monoisotopic (exact) mass is 114 g/mol. The molecule has 0 radical (unpaired) electrons. The summed E-state index contributed by atoms with van der Waals surface area (Å²) in [5.74, 6) is 0. The van der Waals surface area contributed by atoms with Crippen molar-refractivity contribution in [2.24, 2.45) is 0 Å². The van der Waals surface area contributed by atoms with Crippen LogP contribution in [-0.2, 0) is 4.84 Å². The van der Waals surface area contributed by atoms with E-state index in [0.717, 1.165) is 5.70 Å². The summed E-state index contributed by atoms with van der Waals surface area (Å²) in [7, 11) is 0. The summed E-state index contributed by atoms with van der Waals surface area (Å²) in [5.41, 5.74) is 3.69. The Bertz CT molecular complexity index is 118. The van der Waals surface area contributed by atoms with Crippen LogP contribution >= 0.6 is 0 Å². The number of hydrogen-bond donors (Lipinski definition) is 2. The van der Waals surface area contributed by atoms with Gasteiger partial charge in [-0.25, -0.2) is 5.48 Å². The molecule has 0 amide bonds. The Hall–Kier alpha value is -0.960. The molecule has 4 N–H and O–H groups in total. The van der Waals surface area contributed by atoms with Gasteiger partial charge in [0.05, 0.1) is 0 Å². The molecule has 3 nitrogen and oxygen atoms in total. The van der Waals surface area contributed by atoms with Gasteiger partial charge in [-0.05, 0) is 19.1 Å². The number of hydrogen-bond acceptors (Lipinski definition) is 3. The molecule has 1 aliphatic rings. The Balaban J connectivity index is 0.000000490. The smallest absolute Gasteiger partial charge is 0.119 e. The minimum absolute atomic E-state index is 0. The van der Waals surface area contributed by atoms with Crippen LogP contribution in [0.2, 0.25) is 0 Å². The van der Waals surface area contributed by atoms with Gasteiger partial charge in [0.1, 0.15) is 6.26 Å². The zero-order valence-corrected chi connectivity index (χ0v) is 4.85. The third-order valence-corrected chi connectivity index (χ3v) is 0.713. The second-order valence-corrected chi connectivity index (χ2v) is 1.40. The standard InChI is InChI=1S/C5H7NO.H3N/c1-5-3-2-4-7-6-5;/h2-4,6H,1H3;1H3. The van der Waals surface area contributed by atoms with Gasteiger partial charge in [-0.2, -0.15) is 0 Å². The highest BCUT2D eigenvalue weighted by molar-refractivity contribution is 5.08. The molecular weight excluding hydrogens is 104 g/mol. The highest BCUT2D eigenvalue weighted by atomic mass is 16.6. The van der Waals surface area contributed by atoms with Crippen molar-refractivity contribution in [2.75, 3.05) is 0 Å². The van der Waals surface area contributed by atoms with E-state index in [9.17, 15) is 0 Å². The maximum absolute atomic E-state index is 4.68. The van der Waals surface area contributed by atoms with E-state index in [1.54, 1.807) is 6.26 Å². The summed E-state index contributed by atoms with van der Waals surface area (Å²) in [4.78, 5) is 4.68. The molecule has 0 bridgehead atoms. The maximum Gasteiger partial charge on any atom is 0.119 e. The average molecular weight is 114 g/mol. The number of hydroxylamine groups is 1. The molecular formula is C5H10N2O. The van der Waals surface area contributed by atoms with E-state index >= 15 is 0 Å². The van der Waals surface area contributed by atoms with Crippen molar-refractivity contribution in [1.29, 1.82) is 0 Å². The topological polar surface area (TPSA) is 56.3 Å². The summed E-state index contributed by atoms with van der Waals surface area (Å²) in [6.07, 6.45) is 5.36. The molecule has 1 rings (SSSR count). The highest BCUT2D eigenvalue weighted by Gasteiger charge is 1.85. The van der Waals surface area contributed by atoms with Crippen molar-refractivity contribution < 1.29 is 4.84 Å². The molecule has 3 heteroatoms. The first kappa shape index (κ1) is 7.04. The molecule has 1 heterocycles. The minimum atomic E-state index is 0. The number of nitrogens with one attached hydrogen (secondary N) is 1. The summed E-state index contributed by atoms with van der Waals surface area (Å²) in [6.45, 7) is 1.93. The van der Waals surface area contributed by atoms with Crippen LogP contribution in [0, 0.1) is 0 Å². The van der Waals surface area contributed by atoms with Gasteiger partial charge in [-0.3, -0.25) is 0 Å². The summed E-state index contributed by atoms with van der Waals surface area (Å²) in [6, 6.07) is 0. The zero-order valence-electron chi connectivity index (χ0n) is 4.85. The Kier molecular flexibility index (Phi) is 2.72. The van der Waals surface area contributed by atoms with Gasteiger partial charge < -0.3 is 11.0 Å². The van der Waals surface area contributed by atoms with E-state index in [1.165, 1.54) is 0 Å². The van der Waals surface area contributed by atoms with Gasteiger partial charge in [0.2, 0.25) is 0 Å². The van der Waals surface area contributed by atoms with E-state index in [-0.39, 0.29) is 6.15 Å². The summed E-state index contributed by atoms with van der Waals surface area (Å²) in [5, 5.41) is 0. The van der Waals surface area contributed by atoms with Crippen molar-refractivity contribution in [3.05, 3.63) is 24.1 Å². The second-order valence-electron chi connectivity index (χ2n) is 1.40. The van der Waals surface area contributed by atoms with E-state index < -0.39 is 0 Å². The van der Waals surface area contributed by atoms with Gasteiger partial charge >= 0.3 is 0 Å². The van der Waals surface area contributed by atoms with Gasteiger partial charge in [-0.15, -0.1) is 0 Å². The minimum Gasteiger partial charge on any atom is -0.390 e. The quantitative estimate of drug-likeness (QED) is 0.495. The van der Waals surface area contributed by atoms with Crippen LogP contribution in [0.15, 0.2) is 24.1 Å². The molecule has 0 spiro atoms. The van der Waals surface area contributed by atoms with Gasteiger partial charge in [-0.1, -0.05) is 0 Å². The van der Waals surface area contributed by atoms with Crippen LogP contribution in [0.1, 0.15) is 6.92 Å². The van der Waals surface area contributed by atoms with Crippen molar-refractivity contribution in [3.8, 4) is 0 Å². The number of allylic oxidation sites excluding steroid dienone is 3. The molecule has 0 fully saturated rings. The molecule has 0 saturated carbocycles. The second kappa shape index (κ2) is 3.10. The molecule has 8 heavy (non-hydrogen) atoms. The normalized spacial score (nSPS) is 14.9. The predicted octanol–water partition coefficient (Wildman–Crippen LogP) is 1.10. The Labute approximate surface area is 48.6 Å². The van der Waals surface area contributed by atoms with Crippen LogP contribution in [0.25, 0.3) is 0 Å². The fourth-order valence-corrected chi connectivity index (χ4v) is 0.384. The van der Waals surface area contributed by atoms with Crippen LogP contribution in [-0.4, -0.2) is 0 Å². The van der Waals surface area contributed by atoms with Gasteiger partial charge in [0, 0.05) is 5.70 Å². The Morgan fingerprint density at radius 2 is 2.38 bits per heavy atom. The molecule has 0 aromatic heterocycles. The molecule has 0 saturated heterocycles. The molecule has 0 atom stereocenters. The lowest BCUT2D eigenvalue weighted by Crippen LogP contribution is -2.09. The van der Waals surface area contributed by atoms with Crippen molar-refractivity contribution in [2.45, 2.75) is 6.92 Å². The molecule has 0 unspecified atom stereocenters. The average Bonchev–Trinajstić information content (AvgIpc) is 1.69. The molecule has 1 aliphatic heterocycles. The number of rotatable bonds is 0. The highest BCUT2D eigenvalue weighted by Crippen LogP contribution is 1.92. The van der Waals surface area contributed by atoms with Crippen molar-refractivity contribution >= 4 is 0 Å². The van der Waals surface area contributed by atoms with Crippen LogP contribution in [0.4, 0.5) is 0 Å². The fourth-order valence-electron chi connectivity index (χ4n) is 0.384. The van der Waals surface area contributed by atoms with E-state index in [0.29, 0.717) is 0 Å². The van der Waals surface area contributed by atoms with Crippen molar-refractivity contribution in [1.82, 2.24) is 11.6 Å². The van der Waals surface area contributed by atoms with Gasteiger partial charge in [0.15, 0.2) is 0 Å². The SMILES string of the molecule is CC1=CC=CON1.N. The molecule has 46 valence electrons. The third kappa shape index (κ3) is 1.66. The van der Waals surface area contributed by atoms with E-state index in [4.69, 9.17) is 0 Å². The van der Waals surface area contributed by atoms with Crippen molar-refractivity contribution in [3.63, 3.8) is 0 Å². The molecule has 0 aromatic rings. The molecule has 0 aromatic carbocycles. The fraction of sp³-hybridized carbons (Fsp3) is 0.200. The third-order valence-electron chi connectivity index (χ3n) is 0.713. The first-order valence-electron chi connectivity index (χ1n) is 2.15. The maximum atomic E-state index is 4.68. The summed E-state index contributed by atoms with van der Waals surface area (Å²) >= 11 is 0. The lowest BCUT2D eigenvalue weighted by Gasteiger charge is -2.05. The molecule has 0 aliphatic carbocycles. The summed E-state index contributed by atoms with van der Waals surface area (Å²) < 4.78 is 0. The van der Waals surface area contributed by atoms with Crippen LogP contribution < -0.4 is 11.6 Å². The van der Waals surface area contributed by atoms with E-state index in [2.05, 4.69) is 10.3 Å². The lowest BCUT2D eigenvalue weighted by atomic mass is 10.4. The zero-order chi connectivity index (χ0) is 5.11. The van der Waals surface area contributed by atoms with Crippen LogP contribution in [0.5, 0.6) is 0 Å². The Morgan fingerprint density at radius 1 is 1.62 bits per heavy atom.